The van der Waals surface area contributed by atoms with Gasteiger partial charge in [0.1, 0.15) is 6.61 Å². The Bertz CT molecular complexity index is 1770. The van der Waals surface area contributed by atoms with Crippen LogP contribution in [0.15, 0.2) is 146 Å². The Morgan fingerprint density at radius 2 is 0.714 bits per heavy atom. The highest BCUT2D eigenvalue weighted by atomic mass is 31.2. The quantitative estimate of drug-likeness (QED) is 0.0264. The lowest BCUT2D eigenvalue weighted by Crippen LogP contribution is -2.29. The molecule has 9 nitrogen and oxygen atoms in total. The van der Waals surface area contributed by atoms with Crippen molar-refractivity contribution in [3.8, 4) is 0 Å². The smallest absolute Gasteiger partial charge is 0.462 e. The number of rotatable bonds is 55. The number of phosphoric ester groups is 1. The van der Waals surface area contributed by atoms with Crippen LogP contribution in [0.3, 0.4) is 0 Å². The third kappa shape index (κ3) is 61.0. The second-order valence-corrected chi connectivity index (χ2v) is 20.9. The van der Waals surface area contributed by atoms with Gasteiger partial charge in [0.2, 0.25) is 0 Å². The second kappa shape index (κ2) is 61.1. The maximum absolute atomic E-state index is 12.7. The van der Waals surface area contributed by atoms with E-state index in [1.807, 2.05) is 0 Å². The van der Waals surface area contributed by atoms with E-state index in [0.29, 0.717) is 6.42 Å². The van der Waals surface area contributed by atoms with Crippen LogP contribution in [0.4, 0.5) is 0 Å². The van der Waals surface area contributed by atoms with Crippen LogP contribution < -0.4 is 5.73 Å². The van der Waals surface area contributed by atoms with Crippen molar-refractivity contribution in [3.63, 3.8) is 0 Å². The molecule has 0 amide bonds. The number of carbonyl (C=O) groups is 2. The number of hydrogen-bond donors (Lipinski definition) is 2. The van der Waals surface area contributed by atoms with E-state index < -0.39 is 32.5 Å². The predicted molar refractivity (Wildman–Crippen MR) is 330 cm³/mol. The van der Waals surface area contributed by atoms with Crippen molar-refractivity contribution in [3.05, 3.63) is 146 Å². The highest BCUT2D eigenvalue weighted by molar-refractivity contribution is 7.47. The Balaban J connectivity index is 4.01. The zero-order valence-electron chi connectivity index (χ0n) is 48.6. The molecule has 0 saturated heterocycles. The fraction of sp³-hybridized carbons (Fsp3) is 0.612. The van der Waals surface area contributed by atoms with Gasteiger partial charge in [-0.1, -0.05) is 243 Å². The normalized spacial score (nSPS) is 14.1. The molecule has 10 heteroatoms. The summed E-state index contributed by atoms with van der Waals surface area (Å²) in [5, 5.41) is 0. The minimum absolute atomic E-state index is 0.0438. The second-order valence-electron chi connectivity index (χ2n) is 19.5. The van der Waals surface area contributed by atoms with Gasteiger partial charge in [0.05, 0.1) is 13.2 Å². The lowest BCUT2D eigenvalue weighted by atomic mass is 10.1. The first kappa shape index (κ1) is 72.9. The topological polar surface area (TPSA) is 134 Å². The molecule has 0 bridgehead atoms. The van der Waals surface area contributed by atoms with Gasteiger partial charge in [-0.2, -0.15) is 0 Å². The number of phosphoric acid groups is 1. The van der Waals surface area contributed by atoms with Gasteiger partial charge in [-0.25, -0.2) is 4.57 Å². The van der Waals surface area contributed by atoms with Gasteiger partial charge < -0.3 is 20.1 Å². The largest absolute Gasteiger partial charge is 0.472 e. The van der Waals surface area contributed by atoms with Crippen LogP contribution in [0.25, 0.3) is 0 Å². The molecule has 0 saturated carbocycles. The van der Waals surface area contributed by atoms with E-state index in [4.69, 9.17) is 24.3 Å². The van der Waals surface area contributed by atoms with Crippen molar-refractivity contribution in [1.29, 1.82) is 0 Å². The van der Waals surface area contributed by atoms with Crippen LogP contribution in [0.5, 0.6) is 0 Å². The van der Waals surface area contributed by atoms with E-state index in [-0.39, 0.29) is 32.6 Å². The molecular weight excluding hydrogens is 978 g/mol. The summed E-state index contributed by atoms with van der Waals surface area (Å²) in [7, 11) is -4.40. The first-order chi connectivity index (χ1) is 37.8. The number of esters is 2. The van der Waals surface area contributed by atoms with Crippen molar-refractivity contribution in [1.82, 2.24) is 0 Å². The number of ether oxygens (including phenoxy) is 2. The van der Waals surface area contributed by atoms with Gasteiger partial charge in [0.15, 0.2) is 6.10 Å². The molecule has 0 aromatic carbocycles. The molecule has 2 unspecified atom stereocenters. The molecule has 77 heavy (non-hydrogen) atoms. The summed E-state index contributed by atoms with van der Waals surface area (Å²) in [5.41, 5.74) is 5.38. The average molecular weight is 1090 g/mol. The number of carbonyl (C=O) groups excluding carboxylic acids is 2. The average Bonchev–Trinajstić information content (AvgIpc) is 3.42. The van der Waals surface area contributed by atoms with E-state index in [1.165, 1.54) is 70.6 Å². The molecule has 436 valence electrons. The number of nitrogens with two attached hydrogens (primary N) is 1. The van der Waals surface area contributed by atoms with Gasteiger partial charge in [-0.15, -0.1) is 0 Å². The Labute approximate surface area is 471 Å². The molecule has 0 rings (SSSR count). The van der Waals surface area contributed by atoms with E-state index in [2.05, 4.69) is 160 Å². The van der Waals surface area contributed by atoms with Crippen molar-refractivity contribution in [2.45, 2.75) is 238 Å². The predicted octanol–water partition coefficient (Wildman–Crippen LogP) is 19.5. The highest BCUT2D eigenvalue weighted by Gasteiger charge is 2.26. The van der Waals surface area contributed by atoms with E-state index in [0.717, 1.165) is 128 Å². The Kier molecular flexibility index (Phi) is 57.8. The molecule has 0 aliphatic rings. The zero-order valence-corrected chi connectivity index (χ0v) is 49.5. The fourth-order valence-corrected chi connectivity index (χ4v) is 8.52. The van der Waals surface area contributed by atoms with Crippen molar-refractivity contribution >= 4 is 19.8 Å². The summed E-state index contributed by atoms with van der Waals surface area (Å²) in [6.45, 7) is 3.57. The molecule has 2 atom stereocenters. The minimum atomic E-state index is -4.40. The summed E-state index contributed by atoms with van der Waals surface area (Å²) >= 11 is 0. The lowest BCUT2D eigenvalue weighted by molar-refractivity contribution is -0.161. The maximum atomic E-state index is 12.7. The van der Waals surface area contributed by atoms with Gasteiger partial charge in [-0.3, -0.25) is 18.6 Å². The molecule has 0 radical (unpaired) electrons. The summed E-state index contributed by atoms with van der Waals surface area (Å²) in [4.78, 5) is 35.2. The standard InChI is InChI=1S/C67H110NO8P/c1-3-5-7-9-11-13-15-17-19-21-22-23-24-25-26-27-28-29-30-31-32-33-34-35-36-37-38-39-40-41-42-44-46-48-50-52-54-56-58-60-67(70)76-65(64-75-77(71,72)74-62-61-68)63-73-66(69)59-57-55-53-51-49-47-45-43-20-18-16-14-12-10-8-6-4-2/h5,7,11-14,17-20,22-23,25-26,28-29,31-32,34-35,37-38,40-41,65H,3-4,6,8-10,15-16,21,24,27,30,33,36,39,42-64,68H2,1-2H3,(H,71,72)/b7-5-,13-11-,14-12-,19-17-,20-18-,23-22-,26-25-,29-28-,32-31-,35-34-,38-37-,41-40-. The molecule has 0 aliphatic heterocycles. The Morgan fingerprint density at radius 1 is 0.403 bits per heavy atom. The summed E-state index contributed by atoms with van der Waals surface area (Å²) in [6.07, 6.45) is 87.6. The van der Waals surface area contributed by atoms with E-state index >= 15 is 0 Å². The molecule has 0 spiro atoms. The van der Waals surface area contributed by atoms with Crippen molar-refractivity contribution < 1.29 is 37.6 Å². The molecule has 0 aliphatic carbocycles. The SMILES string of the molecule is CC/C=C\C/C=C\C/C=C\C/C=C\C/C=C\C/C=C\C/C=C\C/C=C\C/C=C\C/C=C\CCCCCCCCCCC(=O)OC(COC(=O)CCCCCCCCC/C=C\C/C=C\CCCCC)COP(=O)(O)OCCN. The number of hydrogen-bond acceptors (Lipinski definition) is 8. The third-order valence-electron chi connectivity index (χ3n) is 12.2. The summed E-state index contributed by atoms with van der Waals surface area (Å²) in [5.74, 6) is -0.855. The lowest BCUT2D eigenvalue weighted by Gasteiger charge is -2.19. The number of unbranched alkanes of at least 4 members (excludes halogenated alkanes) is 18. The Morgan fingerprint density at radius 3 is 1.06 bits per heavy atom. The van der Waals surface area contributed by atoms with Crippen molar-refractivity contribution in [2.24, 2.45) is 5.73 Å². The van der Waals surface area contributed by atoms with Crippen LogP contribution in [-0.4, -0.2) is 49.3 Å². The molecule has 0 fully saturated rings. The summed E-state index contributed by atoms with van der Waals surface area (Å²) in [6, 6.07) is 0. The van der Waals surface area contributed by atoms with Crippen LogP contribution in [0.1, 0.15) is 232 Å². The maximum Gasteiger partial charge on any atom is 0.472 e. The fourth-order valence-electron chi connectivity index (χ4n) is 7.75. The molecule has 0 aromatic heterocycles. The van der Waals surface area contributed by atoms with Crippen LogP contribution >= 0.6 is 7.82 Å². The van der Waals surface area contributed by atoms with Gasteiger partial charge >= 0.3 is 19.8 Å². The van der Waals surface area contributed by atoms with Gasteiger partial charge in [0.25, 0.3) is 0 Å². The molecule has 0 heterocycles. The third-order valence-corrected chi connectivity index (χ3v) is 13.2. The van der Waals surface area contributed by atoms with Crippen LogP contribution in [0, 0.1) is 0 Å². The first-order valence-corrected chi connectivity index (χ1v) is 31.8. The number of allylic oxidation sites excluding steroid dienone is 24. The van der Waals surface area contributed by atoms with E-state index in [9.17, 15) is 19.0 Å². The highest BCUT2D eigenvalue weighted by Crippen LogP contribution is 2.43. The molecule has 3 N–H and O–H groups in total. The van der Waals surface area contributed by atoms with Crippen LogP contribution in [-0.2, 0) is 32.7 Å². The summed E-state index contributed by atoms with van der Waals surface area (Å²) < 4.78 is 33.0. The first-order valence-electron chi connectivity index (χ1n) is 30.3. The monoisotopic (exact) mass is 1090 g/mol. The Hall–Kier alpha value is -4.11. The van der Waals surface area contributed by atoms with Gasteiger partial charge in [0, 0.05) is 19.4 Å². The molecular formula is C67H110NO8P. The van der Waals surface area contributed by atoms with Crippen LogP contribution in [0.2, 0.25) is 0 Å². The van der Waals surface area contributed by atoms with E-state index in [1.54, 1.807) is 0 Å². The van der Waals surface area contributed by atoms with Gasteiger partial charge in [-0.05, 0) is 122 Å². The zero-order chi connectivity index (χ0) is 55.9. The van der Waals surface area contributed by atoms with Crippen molar-refractivity contribution in [2.75, 3.05) is 26.4 Å². The molecule has 0 aromatic rings. The minimum Gasteiger partial charge on any atom is -0.462 e.